The molecule has 148 valence electrons. The van der Waals surface area contributed by atoms with E-state index in [1.54, 1.807) is 10.2 Å². The Balaban J connectivity index is 1.75. The number of nitrogens with zero attached hydrogens (tertiary/aromatic N) is 1. The third-order valence-electron chi connectivity index (χ3n) is 4.47. The van der Waals surface area contributed by atoms with Gasteiger partial charge in [0.1, 0.15) is 0 Å². The summed E-state index contributed by atoms with van der Waals surface area (Å²) in [6.45, 7) is 2.12. The molecule has 6 nitrogen and oxygen atoms in total. The fraction of sp³-hybridized carbons (Fsp3) is 0.500. The maximum Gasteiger partial charge on any atom is 0.471 e. The van der Waals surface area contributed by atoms with Gasteiger partial charge in [-0.3, -0.25) is 14.4 Å². The topological polar surface area (TPSA) is 78.5 Å². The molecule has 2 atom stereocenters. The molecule has 1 heterocycles. The first kappa shape index (κ1) is 20.7. The van der Waals surface area contributed by atoms with E-state index in [2.05, 4.69) is 5.32 Å². The molecule has 3 amide bonds. The molecule has 0 bridgehead atoms. The molecule has 2 rings (SSSR count). The van der Waals surface area contributed by atoms with E-state index in [4.69, 9.17) is 0 Å². The van der Waals surface area contributed by atoms with E-state index in [-0.39, 0.29) is 43.8 Å². The molecule has 1 aromatic rings. The van der Waals surface area contributed by atoms with Gasteiger partial charge < -0.3 is 15.5 Å². The Morgan fingerprint density at radius 1 is 1.19 bits per heavy atom. The molecule has 0 aromatic heterocycles. The second kappa shape index (κ2) is 8.88. The third kappa shape index (κ3) is 5.70. The molecular weight excluding hydrogens is 363 g/mol. The number of benzene rings is 1. The van der Waals surface area contributed by atoms with E-state index in [9.17, 15) is 27.6 Å². The lowest BCUT2D eigenvalue weighted by Crippen LogP contribution is -2.39. The van der Waals surface area contributed by atoms with Crippen molar-refractivity contribution in [2.75, 3.05) is 19.6 Å². The Hall–Kier alpha value is -2.58. The van der Waals surface area contributed by atoms with E-state index in [0.717, 1.165) is 5.56 Å². The summed E-state index contributed by atoms with van der Waals surface area (Å²) in [4.78, 5) is 36.7. The zero-order valence-electron chi connectivity index (χ0n) is 14.9. The van der Waals surface area contributed by atoms with Crippen molar-refractivity contribution in [3.63, 3.8) is 0 Å². The van der Waals surface area contributed by atoms with Crippen molar-refractivity contribution >= 4 is 17.7 Å². The SMILES string of the molecule is CC(c1ccccc1)N1CC(C(=O)NCCCNC(=O)C(F)(F)F)CC1=O. The van der Waals surface area contributed by atoms with Crippen LogP contribution in [0.5, 0.6) is 0 Å². The lowest BCUT2D eigenvalue weighted by atomic mass is 10.1. The summed E-state index contributed by atoms with van der Waals surface area (Å²) in [7, 11) is 0. The largest absolute Gasteiger partial charge is 0.471 e. The number of likely N-dealkylation sites (tertiary alicyclic amines) is 1. The van der Waals surface area contributed by atoms with Crippen LogP contribution in [0.25, 0.3) is 0 Å². The molecule has 1 aliphatic heterocycles. The number of rotatable bonds is 7. The van der Waals surface area contributed by atoms with Crippen molar-refractivity contribution in [2.24, 2.45) is 5.92 Å². The zero-order valence-corrected chi connectivity index (χ0v) is 14.9. The Morgan fingerprint density at radius 3 is 2.44 bits per heavy atom. The number of hydrogen-bond acceptors (Lipinski definition) is 3. The summed E-state index contributed by atoms with van der Waals surface area (Å²) < 4.78 is 36.1. The van der Waals surface area contributed by atoms with Crippen LogP contribution in [0.15, 0.2) is 30.3 Å². The van der Waals surface area contributed by atoms with Gasteiger partial charge in [0.15, 0.2) is 0 Å². The number of hydrogen-bond donors (Lipinski definition) is 2. The minimum absolute atomic E-state index is 0.105. The molecule has 0 saturated carbocycles. The van der Waals surface area contributed by atoms with Crippen molar-refractivity contribution in [1.82, 2.24) is 15.5 Å². The molecule has 1 fully saturated rings. The average Bonchev–Trinajstić information content (AvgIpc) is 3.02. The van der Waals surface area contributed by atoms with Gasteiger partial charge >= 0.3 is 12.1 Å². The molecule has 1 aromatic carbocycles. The summed E-state index contributed by atoms with van der Waals surface area (Å²) in [5.41, 5.74) is 0.979. The lowest BCUT2D eigenvalue weighted by molar-refractivity contribution is -0.173. The number of halogens is 3. The summed E-state index contributed by atoms with van der Waals surface area (Å²) in [6.07, 6.45) is -4.64. The normalized spacial score (nSPS) is 18.3. The Morgan fingerprint density at radius 2 is 1.81 bits per heavy atom. The van der Waals surface area contributed by atoms with Crippen LogP contribution in [0.4, 0.5) is 13.2 Å². The van der Waals surface area contributed by atoms with Gasteiger partial charge in [-0.05, 0) is 18.9 Å². The first-order valence-electron chi connectivity index (χ1n) is 8.67. The van der Waals surface area contributed by atoms with Gasteiger partial charge in [-0.2, -0.15) is 13.2 Å². The fourth-order valence-corrected chi connectivity index (χ4v) is 2.94. The molecule has 2 unspecified atom stereocenters. The van der Waals surface area contributed by atoms with E-state index in [1.807, 2.05) is 37.3 Å². The van der Waals surface area contributed by atoms with Gasteiger partial charge in [-0.25, -0.2) is 0 Å². The second-order valence-electron chi connectivity index (χ2n) is 6.43. The minimum Gasteiger partial charge on any atom is -0.356 e. The molecule has 0 radical (unpaired) electrons. The van der Waals surface area contributed by atoms with Gasteiger partial charge in [-0.15, -0.1) is 0 Å². The molecule has 0 spiro atoms. The summed E-state index contributed by atoms with van der Waals surface area (Å²) in [5, 5.41) is 4.34. The number of carbonyl (C=O) groups is 3. The van der Waals surface area contributed by atoms with E-state index in [0.29, 0.717) is 6.54 Å². The van der Waals surface area contributed by atoms with Gasteiger partial charge in [0.25, 0.3) is 0 Å². The molecule has 0 aliphatic carbocycles. The van der Waals surface area contributed by atoms with Crippen LogP contribution in [0.3, 0.4) is 0 Å². The highest BCUT2D eigenvalue weighted by atomic mass is 19.4. The fourth-order valence-electron chi connectivity index (χ4n) is 2.94. The Bertz CT molecular complexity index is 679. The molecule has 1 saturated heterocycles. The number of alkyl halides is 3. The van der Waals surface area contributed by atoms with E-state index < -0.39 is 18.0 Å². The van der Waals surface area contributed by atoms with Crippen LogP contribution in [0, 0.1) is 5.92 Å². The van der Waals surface area contributed by atoms with E-state index in [1.165, 1.54) is 0 Å². The maximum absolute atomic E-state index is 12.2. The summed E-state index contributed by atoms with van der Waals surface area (Å²) >= 11 is 0. The highest BCUT2D eigenvalue weighted by Gasteiger charge is 2.38. The van der Waals surface area contributed by atoms with Crippen LogP contribution in [0.1, 0.15) is 31.4 Å². The number of amides is 3. The summed E-state index contributed by atoms with van der Waals surface area (Å²) in [6, 6.07) is 9.34. The predicted molar refractivity (Wildman–Crippen MR) is 91.4 cm³/mol. The first-order valence-corrected chi connectivity index (χ1v) is 8.67. The van der Waals surface area contributed by atoms with Crippen LogP contribution in [-0.2, 0) is 14.4 Å². The van der Waals surface area contributed by atoms with Gasteiger partial charge in [0, 0.05) is 26.1 Å². The number of carbonyl (C=O) groups excluding carboxylic acids is 3. The van der Waals surface area contributed by atoms with Gasteiger partial charge in [0.05, 0.1) is 12.0 Å². The molecular formula is C18H22F3N3O3. The Kier molecular flexibility index (Phi) is 6.81. The van der Waals surface area contributed by atoms with E-state index >= 15 is 0 Å². The Labute approximate surface area is 155 Å². The highest BCUT2D eigenvalue weighted by molar-refractivity contribution is 5.89. The molecule has 27 heavy (non-hydrogen) atoms. The smallest absolute Gasteiger partial charge is 0.356 e. The monoisotopic (exact) mass is 385 g/mol. The third-order valence-corrected chi connectivity index (χ3v) is 4.47. The molecule has 1 aliphatic rings. The zero-order chi connectivity index (χ0) is 20.0. The molecule has 2 N–H and O–H groups in total. The van der Waals surface area contributed by atoms with Gasteiger partial charge in [0.2, 0.25) is 11.8 Å². The molecule has 9 heteroatoms. The van der Waals surface area contributed by atoms with Crippen molar-refractivity contribution < 1.29 is 27.6 Å². The lowest BCUT2D eigenvalue weighted by Gasteiger charge is -2.25. The van der Waals surface area contributed by atoms with Crippen molar-refractivity contribution in [1.29, 1.82) is 0 Å². The second-order valence-corrected chi connectivity index (χ2v) is 6.43. The standard InChI is InChI=1S/C18H22F3N3O3/c1-12(13-6-3-2-4-7-13)24-11-14(10-15(24)25)16(26)22-8-5-9-23-17(27)18(19,20)21/h2-4,6-7,12,14H,5,8-11H2,1H3,(H,22,26)(H,23,27). The van der Waals surface area contributed by atoms with Crippen molar-refractivity contribution in [3.05, 3.63) is 35.9 Å². The van der Waals surface area contributed by atoms with Gasteiger partial charge in [-0.1, -0.05) is 30.3 Å². The highest BCUT2D eigenvalue weighted by Crippen LogP contribution is 2.28. The van der Waals surface area contributed by atoms with Crippen molar-refractivity contribution in [3.8, 4) is 0 Å². The first-order chi connectivity index (χ1) is 12.7. The average molecular weight is 385 g/mol. The predicted octanol–water partition coefficient (Wildman–Crippen LogP) is 1.78. The van der Waals surface area contributed by atoms with Crippen LogP contribution in [-0.4, -0.2) is 48.4 Å². The van der Waals surface area contributed by atoms with Crippen molar-refractivity contribution in [2.45, 2.75) is 32.0 Å². The minimum atomic E-state index is -4.91. The maximum atomic E-state index is 12.2. The number of nitrogens with one attached hydrogen (secondary N) is 2. The van der Waals surface area contributed by atoms with Crippen LogP contribution >= 0.6 is 0 Å². The summed E-state index contributed by atoms with van der Waals surface area (Å²) in [5.74, 6) is -2.91. The quantitative estimate of drug-likeness (QED) is 0.703. The van der Waals surface area contributed by atoms with Crippen LogP contribution in [0.2, 0.25) is 0 Å². The van der Waals surface area contributed by atoms with Crippen LogP contribution < -0.4 is 10.6 Å².